The number of amides is 1. The normalized spacial score (nSPS) is 17.2. The van der Waals surface area contributed by atoms with E-state index >= 15 is 0 Å². The van der Waals surface area contributed by atoms with E-state index in [-0.39, 0.29) is 0 Å². The van der Waals surface area contributed by atoms with Crippen molar-refractivity contribution >= 4 is 28.7 Å². The maximum atomic E-state index is 11.6. The van der Waals surface area contributed by atoms with Crippen molar-refractivity contribution in [2.75, 3.05) is 33.2 Å². The third-order valence-corrected chi connectivity index (χ3v) is 5.70. The van der Waals surface area contributed by atoms with Crippen LogP contribution in [0.15, 0.2) is 48.7 Å². The van der Waals surface area contributed by atoms with Crippen molar-refractivity contribution in [2.24, 2.45) is 5.73 Å². The summed E-state index contributed by atoms with van der Waals surface area (Å²) in [5.41, 5.74) is 8.90. The highest BCUT2D eigenvalue weighted by atomic mass is 19.4. The number of aromatic nitrogens is 2. The number of nitrogens with zero attached hydrogens (tertiary/aromatic N) is 2. The number of primary amides is 1. The van der Waals surface area contributed by atoms with Gasteiger partial charge in [-0.05, 0) is 18.2 Å². The molecular weight excluding hydrogens is 552 g/mol. The first kappa shape index (κ1) is 32.0. The summed E-state index contributed by atoms with van der Waals surface area (Å²) in [6.07, 6.45) is -8.44. The molecule has 0 unspecified atom stereocenters. The Labute approximate surface area is 223 Å². The molecule has 1 fully saturated rings. The molecule has 1 aromatic heterocycles. The fourth-order valence-corrected chi connectivity index (χ4v) is 3.68. The van der Waals surface area contributed by atoms with Crippen molar-refractivity contribution in [3.8, 4) is 5.69 Å². The number of aliphatic carboxylic acids is 2. The number of carboxylic acid groups (broad SMARTS) is 2. The van der Waals surface area contributed by atoms with Crippen LogP contribution in [-0.2, 0) is 16.1 Å². The van der Waals surface area contributed by atoms with E-state index in [1.807, 2.05) is 29.1 Å². The number of likely N-dealkylation sites (N-methyl/N-ethyl adjacent to an activating group) is 1. The predicted octanol–water partition coefficient (Wildman–Crippen LogP) is -2.37. The Balaban J connectivity index is 0.000000333. The Bertz CT molecular complexity index is 1310. The fraction of sp³-hybridized carbons (Fsp3) is 0.333. The molecule has 2 aromatic carbocycles. The molecular formula is C24H25F6N5O5. The number of carboxylic acids is 2. The van der Waals surface area contributed by atoms with Crippen molar-refractivity contribution in [3.05, 3.63) is 59.8 Å². The van der Waals surface area contributed by atoms with Gasteiger partial charge in [0, 0.05) is 17.1 Å². The van der Waals surface area contributed by atoms with Gasteiger partial charge in [-0.15, -0.1) is 0 Å². The second kappa shape index (κ2) is 13.3. The molecule has 0 atom stereocenters. The Kier molecular flexibility index (Phi) is 10.6. The van der Waals surface area contributed by atoms with E-state index in [9.17, 15) is 31.1 Å². The average molecular weight is 577 g/mol. The summed E-state index contributed by atoms with van der Waals surface area (Å²) in [5.74, 6) is -6.46. The van der Waals surface area contributed by atoms with Gasteiger partial charge in [0.2, 0.25) is 0 Å². The van der Waals surface area contributed by atoms with E-state index in [1.165, 1.54) is 31.7 Å². The van der Waals surface area contributed by atoms with Crippen LogP contribution in [-0.4, -0.2) is 73.2 Å². The van der Waals surface area contributed by atoms with Crippen molar-refractivity contribution < 1.29 is 60.7 Å². The third kappa shape index (κ3) is 9.53. The standard InChI is InChI=1S/C20H23N5O.2C2HF3O2/c1-23-8-10-24(11-9-23)13-15-4-2-6-17(12-15)25-14-16-5-3-7-18(20(21)26)19(16)22-25;2*3-2(4,5)1(6)7/h2-7,12,14H,8-11,13H2,1H3,(H2,21,26);2*(H,6,7). The van der Waals surface area contributed by atoms with Gasteiger partial charge in [0.05, 0.1) is 18.3 Å². The van der Waals surface area contributed by atoms with Gasteiger partial charge < -0.3 is 35.3 Å². The molecule has 1 aliphatic rings. The lowest BCUT2D eigenvalue weighted by Gasteiger charge is -2.27. The Morgan fingerprint density at radius 3 is 1.95 bits per heavy atom. The zero-order valence-corrected chi connectivity index (χ0v) is 20.9. The van der Waals surface area contributed by atoms with E-state index in [0.717, 1.165) is 17.6 Å². The summed E-state index contributed by atoms with van der Waals surface area (Å²) in [5, 5.41) is 23.1. The Morgan fingerprint density at radius 1 is 0.925 bits per heavy atom. The van der Waals surface area contributed by atoms with Crippen LogP contribution in [0.2, 0.25) is 0 Å². The molecule has 1 amide bonds. The Hall–Kier alpha value is -4.18. The lowest BCUT2D eigenvalue weighted by atomic mass is 10.1. The second-order valence-electron chi connectivity index (χ2n) is 8.81. The number of hydrogen-bond acceptors (Lipinski definition) is 6. The van der Waals surface area contributed by atoms with Gasteiger partial charge in [0.25, 0.3) is 5.91 Å². The first-order valence-electron chi connectivity index (χ1n) is 11.6. The number of carbonyl (C=O) groups excluding carboxylic acids is 3. The van der Waals surface area contributed by atoms with Crippen molar-refractivity contribution in [1.29, 1.82) is 0 Å². The highest BCUT2D eigenvalue weighted by Gasteiger charge is 2.29. The number of benzene rings is 2. The van der Waals surface area contributed by atoms with Gasteiger partial charge in [-0.25, -0.2) is 4.68 Å². The molecule has 0 saturated carbocycles. The number of carbonyl (C=O) groups is 3. The number of nitrogens with one attached hydrogen (secondary N) is 2. The van der Waals surface area contributed by atoms with Crippen LogP contribution in [0, 0.1) is 0 Å². The molecule has 0 radical (unpaired) electrons. The van der Waals surface area contributed by atoms with Gasteiger partial charge in [0.1, 0.15) is 50.2 Å². The fourth-order valence-electron chi connectivity index (χ4n) is 3.68. The van der Waals surface area contributed by atoms with Crippen LogP contribution in [0.3, 0.4) is 0 Å². The van der Waals surface area contributed by atoms with Crippen LogP contribution in [0.25, 0.3) is 16.6 Å². The van der Waals surface area contributed by atoms with Gasteiger partial charge in [-0.3, -0.25) is 4.79 Å². The van der Waals surface area contributed by atoms with Crippen molar-refractivity contribution in [1.82, 2.24) is 9.78 Å². The molecule has 2 heterocycles. The Morgan fingerprint density at radius 2 is 1.45 bits per heavy atom. The number of hydrogen-bond donors (Lipinski definition) is 3. The molecule has 10 nitrogen and oxygen atoms in total. The summed E-state index contributed by atoms with van der Waals surface area (Å²) in [4.78, 5) is 32.5. The summed E-state index contributed by atoms with van der Waals surface area (Å²) >= 11 is 0. The van der Waals surface area contributed by atoms with Gasteiger partial charge in [0.15, 0.2) is 0 Å². The molecule has 0 bridgehead atoms. The molecule has 3 aromatic rings. The number of quaternary nitrogens is 2. The van der Waals surface area contributed by atoms with Gasteiger partial charge in [-0.2, -0.15) is 31.4 Å². The van der Waals surface area contributed by atoms with E-state index in [1.54, 1.807) is 15.9 Å². The van der Waals surface area contributed by atoms with E-state index in [2.05, 4.69) is 30.3 Å². The number of alkyl halides is 6. The minimum atomic E-state index is -5.19. The quantitative estimate of drug-likeness (QED) is 0.295. The average Bonchev–Trinajstić information content (AvgIpc) is 3.30. The molecule has 16 heteroatoms. The number of piperazine rings is 1. The second-order valence-corrected chi connectivity index (χ2v) is 8.81. The van der Waals surface area contributed by atoms with Crippen molar-refractivity contribution in [2.45, 2.75) is 18.9 Å². The minimum Gasteiger partial charge on any atom is -0.542 e. The van der Waals surface area contributed by atoms with Crippen LogP contribution in [0.4, 0.5) is 26.3 Å². The lowest BCUT2D eigenvalue weighted by Crippen LogP contribution is -3.26. The van der Waals surface area contributed by atoms with E-state index in [0.29, 0.717) is 11.1 Å². The van der Waals surface area contributed by atoms with Crippen LogP contribution in [0.5, 0.6) is 0 Å². The lowest BCUT2D eigenvalue weighted by molar-refractivity contribution is -1.01. The molecule has 218 valence electrons. The molecule has 1 aliphatic heterocycles. The molecule has 4 N–H and O–H groups in total. The number of fused-ring (bicyclic) bond motifs is 1. The van der Waals surface area contributed by atoms with Crippen LogP contribution >= 0.6 is 0 Å². The molecule has 0 aliphatic carbocycles. The summed E-state index contributed by atoms with van der Waals surface area (Å²) in [6.45, 7) is 5.92. The maximum Gasteiger partial charge on any atom is 0.430 e. The van der Waals surface area contributed by atoms with Crippen molar-refractivity contribution in [3.63, 3.8) is 0 Å². The van der Waals surface area contributed by atoms with Gasteiger partial charge in [-0.1, -0.05) is 24.3 Å². The predicted molar refractivity (Wildman–Crippen MR) is 123 cm³/mol. The molecule has 40 heavy (non-hydrogen) atoms. The van der Waals surface area contributed by atoms with E-state index < -0.39 is 30.2 Å². The molecule has 1 saturated heterocycles. The maximum absolute atomic E-state index is 11.6. The van der Waals surface area contributed by atoms with Crippen LogP contribution in [0.1, 0.15) is 15.9 Å². The molecule has 0 spiro atoms. The third-order valence-electron chi connectivity index (χ3n) is 5.70. The first-order valence-corrected chi connectivity index (χ1v) is 11.6. The summed E-state index contributed by atoms with van der Waals surface area (Å²) in [6, 6.07) is 14.0. The zero-order chi connectivity index (χ0) is 30.3. The minimum absolute atomic E-state index is 0.449. The smallest absolute Gasteiger partial charge is 0.430 e. The monoisotopic (exact) mass is 577 g/mol. The number of halogens is 6. The largest absolute Gasteiger partial charge is 0.542 e. The SMILES string of the molecule is C[NH+]1CC[NH+](Cc2cccc(-n3cc4cccc(C(N)=O)c4n3)c2)CC1.O=C([O-])C(F)(F)F.O=C([O-])C(F)(F)F. The van der Waals surface area contributed by atoms with E-state index in [4.69, 9.17) is 25.5 Å². The molecule has 4 rings (SSSR count). The number of nitrogens with two attached hydrogens (primary N) is 1. The zero-order valence-electron chi connectivity index (χ0n) is 20.9. The van der Waals surface area contributed by atoms with Gasteiger partial charge >= 0.3 is 12.4 Å². The number of rotatable bonds is 4. The highest BCUT2D eigenvalue weighted by Crippen LogP contribution is 2.20. The summed E-state index contributed by atoms with van der Waals surface area (Å²) < 4.78 is 64.9. The van der Waals surface area contributed by atoms with Crippen LogP contribution < -0.4 is 25.7 Å². The first-order chi connectivity index (χ1) is 18.5. The topological polar surface area (TPSA) is 150 Å². The highest BCUT2D eigenvalue weighted by molar-refractivity contribution is 6.04. The summed E-state index contributed by atoms with van der Waals surface area (Å²) in [7, 11) is 2.26.